The Kier molecular flexibility index (Phi) is 2.90. The van der Waals surface area contributed by atoms with E-state index in [1.807, 2.05) is 36.4 Å². The van der Waals surface area contributed by atoms with E-state index in [-0.39, 0.29) is 5.82 Å². The molecule has 0 amide bonds. The van der Waals surface area contributed by atoms with Gasteiger partial charge in [-0.05, 0) is 17.3 Å². The van der Waals surface area contributed by atoms with E-state index in [2.05, 4.69) is 25.9 Å². The Hall–Kier alpha value is -2.68. The Morgan fingerprint density at radius 1 is 1.38 bits per heavy atom. The second kappa shape index (κ2) is 4.70. The Bertz CT molecular complexity index is 508. The number of benzene rings is 1. The third-order valence-corrected chi connectivity index (χ3v) is 1.86. The van der Waals surface area contributed by atoms with Gasteiger partial charge in [0.1, 0.15) is 11.6 Å². The smallest absolute Gasteiger partial charge is 0.216 e. The van der Waals surface area contributed by atoms with Crippen molar-refractivity contribution in [2.75, 3.05) is 5.32 Å². The molecule has 0 aliphatic carbocycles. The Labute approximate surface area is 91.6 Å². The number of tetrazole rings is 1. The van der Waals surface area contributed by atoms with Crippen molar-refractivity contribution in [1.82, 2.24) is 20.6 Å². The highest BCUT2D eigenvalue weighted by Crippen LogP contribution is 2.09. The lowest BCUT2D eigenvalue weighted by Gasteiger charge is -1.99. The number of anilines is 1. The predicted molar refractivity (Wildman–Crippen MR) is 57.8 cm³/mol. The van der Waals surface area contributed by atoms with E-state index >= 15 is 0 Å². The van der Waals surface area contributed by atoms with Crippen molar-refractivity contribution in [1.29, 1.82) is 5.26 Å². The van der Waals surface area contributed by atoms with Crippen LogP contribution < -0.4 is 5.32 Å². The minimum Gasteiger partial charge on any atom is -0.360 e. The van der Waals surface area contributed by atoms with Crippen molar-refractivity contribution < 1.29 is 0 Å². The maximum absolute atomic E-state index is 8.90. The monoisotopic (exact) mass is 212 g/mol. The fourth-order valence-electron chi connectivity index (χ4n) is 1.11. The molecular formula is C10H8N6. The van der Waals surface area contributed by atoms with Gasteiger partial charge in [0.15, 0.2) is 0 Å². The maximum Gasteiger partial charge on any atom is 0.216 e. The van der Waals surface area contributed by atoms with Crippen molar-refractivity contribution in [3.05, 3.63) is 42.4 Å². The van der Waals surface area contributed by atoms with E-state index in [0.29, 0.717) is 5.57 Å². The van der Waals surface area contributed by atoms with E-state index in [0.717, 1.165) is 5.69 Å². The van der Waals surface area contributed by atoms with Crippen LogP contribution in [0.4, 0.5) is 5.69 Å². The van der Waals surface area contributed by atoms with Crippen LogP contribution in [0.25, 0.3) is 5.57 Å². The van der Waals surface area contributed by atoms with E-state index in [9.17, 15) is 0 Å². The van der Waals surface area contributed by atoms with Crippen LogP contribution in [0.2, 0.25) is 0 Å². The summed E-state index contributed by atoms with van der Waals surface area (Å²) in [6.07, 6.45) is 1.54. The first kappa shape index (κ1) is 9.86. The summed E-state index contributed by atoms with van der Waals surface area (Å²) in [5, 5.41) is 25.0. The lowest BCUT2D eigenvalue weighted by molar-refractivity contribution is 0.881. The summed E-state index contributed by atoms with van der Waals surface area (Å²) in [4.78, 5) is 0. The van der Waals surface area contributed by atoms with Gasteiger partial charge in [-0.1, -0.05) is 18.2 Å². The van der Waals surface area contributed by atoms with Gasteiger partial charge in [0.25, 0.3) is 0 Å². The highest BCUT2D eigenvalue weighted by Gasteiger charge is 2.04. The van der Waals surface area contributed by atoms with Gasteiger partial charge >= 0.3 is 0 Å². The number of hydrogen-bond acceptors (Lipinski definition) is 5. The normalized spacial score (nSPS) is 10.8. The molecule has 6 nitrogen and oxygen atoms in total. The first-order valence-electron chi connectivity index (χ1n) is 4.56. The standard InChI is InChI=1S/C10H8N6/c11-6-8(10-13-15-16-14-10)7-12-9-4-2-1-3-5-9/h1-5,7,12H,(H,13,14,15,16)/b8-7-. The third-order valence-electron chi connectivity index (χ3n) is 1.86. The zero-order valence-electron chi connectivity index (χ0n) is 8.25. The van der Waals surface area contributed by atoms with Gasteiger partial charge in [-0.15, -0.1) is 10.2 Å². The fraction of sp³-hybridized carbons (Fsp3) is 0. The molecule has 16 heavy (non-hydrogen) atoms. The van der Waals surface area contributed by atoms with Crippen LogP contribution in [0.3, 0.4) is 0 Å². The van der Waals surface area contributed by atoms with Crippen LogP contribution >= 0.6 is 0 Å². The molecule has 0 radical (unpaired) electrons. The molecule has 0 atom stereocenters. The van der Waals surface area contributed by atoms with Crippen LogP contribution in [0.15, 0.2) is 36.5 Å². The van der Waals surface area contributed by atoms with Crippen molar-refractivity contribution in [3.8, 4) is 6.07 Å². The average molecular weight is 212 g/mol. The van der Waals surface area contributed by atoms with Crippen molar-refractivity contribution in [3.63, 3.8) is 0 Å². The summed E-state index contributed by atoms with van der Waals surface area (Å²) in [7, 11) is 0. The number of allylic oxidation sites excluding steroid dienone is 1. The van der Waals surface area contributed by atoms with Gasteiger partial charge in [0.2, 0.25) is 5.82 Å². The average Bonchev–Trinajstić information content (AvgIpc) is 2.85. The zero-order chi connectivity index (χ0) is 11.2. The number of rotatable bonds is 3. The molecule has 2 N–H and O–H groups in total. The van der Waals surface area contributed by atoms with Gasteiger partial charge in [-0.3, -0.25) is 0 Å². The van der Waals surface area contributed by atoms with E-state index < -0.39 is 0 Å². The van der Waals surface area contributed by atoms with E-state index in [1.165, 1.54) is 0 Å². The molecule has 6 heteroatoms. The summed E-state index contributed by atoms with van der Waals surface area (Å²) in [6, 6.07) is 11.5. The quantitative estimate of drug-likeness (QED) is 0.745. The molecule has 0 spiro atoms. The lowest BCUT2D eigenvalue weighted by atomic mass is 10.3. The van der Waals surface area contributed by atoms with Gasteiger partial charge in [-0.2, -0.15) is 10.5 Å². The van der Waals surface area contributed by atoms with E-state index in [1.54, 1.807) is 6.20 Å². The second-order valence-electron chi connectivity index (χ2n) is 2.92. The van der Waals surface area contributed by atoms with Crippen LogP contribution in [0.1, 0.15) is 5.82 Å². The Balaban J connectivity index is 2.15. The molecule has 2 rings (SSSR count). The summed E-state index contributed by atoms with van der Waals surface area (Å²) >= 11 is 0. The highest BCUT2D eigenvalue weighted by molar-refractivity contribution is 5.73. The zero-order valence-corrected chi connectivity index (χ0v) is 8.25. The molecule has 0 aliphatic heterocycles. The van der Waals surface area contributed by atoms with E-state index in [4.69, 9.17) is 5.26 Å². The molecule has 0 bridgehead atoms. The van der Waals surface area contributed by atoms with Crippen LogP contribution in [-0.4, -0.2) is 20.6 Å². The first-order valence-corrected chi connectivity index (χ1v) is 4.56. The number of para-hydroxylation sites is 1. The number of hydrogen-bond donors (Lipinski definition) is 2. The molecule has 0 aliphatic rings. The Morgan fingerprint density at radius 3 is 2.81 bits per heavy atom. The number of aromatic nitrogens is 4. The van der Waals surface area contributed by atoms with Crippen molar-refractivity contribution >= 4 is 11.3 Å². The largest absolute Gasteiger partial charge is 0.360 e. The van der Waals surface area contributed by atoms with Gasteiger partial charge < -0.3 is 5.32 Å². The SMILES string of the molecule is N#C/C(=C/Nc1ccccc1)c1nn[nH]n1. The van der Waals surface area contributed by atoms with Gasteiger partial charge in [0, 0.05) is 11.9 Å². The molecule has 0 unspecified atom stereocenters. The molecule has 1 aromatic heterocycles. The molecule has 0 fully saturated rings. The van der Waals surface area contributed by atoms with Gasteiger partial charge in [0.05, 0.1) is 0 Å². The maximum atomic E-state index is 8.90. The summed E-state index contributed by atoms with van der Waals surface area (Å²) < 4.78 is 0. The number of nitriles is 1. The predicted octanol–water partition coefficient (Wildman–Crippen LogP) is 1.18. The number of H-pyrrole nitrogens is 1. The topological polar surface area (TPSA) is 90.3 Å². The highest BCUT2D eigenvalue weighted by atomic mass is 15.5. The molecule has 0 saturated carbocycles. The number of nitrogens with one attached hydrogen (secondary N) is 2. The molecule has 78 valence electrons. The first-order chi connectivity index (χ1) is 7.90. The summed E-state index contributed by atoms with van der Waals surface area (Å²) in [5.74, 6) is 0.269. The lowest BCUT2D eigenvalue weighted by Crippen LogP contribution is -1.92. The fourth-order valence-corrected chi connectivity index (χ4v) is 1.11. The number of aromatic amines is 1. The summed E-state index contributed by atoms with van der Waals surface area (Å²) in [5.41, 5.74) is 1.20. The second-order valence-corrected chi connectivity index (χ2v) is 2.92. The van der Waals surface area contributed by atoms with Crippen LogP contribution in [-0.2, 0) is 0 Å². The molecular weight excluding hydrogens is 204 g/mol. The van der Waals surface area contributed by atoms with Crippen LogP contribution in [0, 0.1) is 11.3 Å². The minimum absolute atomic E-state index is 0.269. The third kappa shape index (κ3) is 2.22. The number of nitrogens with zero attached hydrogens (tertiary/aromatic N) is 4. The summed E-state index contributed by atoms with van der Waals surface area (Å²) in [6.45, 7) is 0. The van der Waals surface area contributed by atoms with Gasteiger partial charge in [-0.25, -0.2) is 0 Å². The van der Waals surface area contributed by atoms with Crippen molar-refractivity contribution in [2.24, 2.45) is 0 Å². The molecule has 1 aromatic carbocycles. The van der Waals surface area contributed by atoms with Crippen molar-refractivity contribution in [2.45, 2.75) is 0 Å². The van der Waals surface area contributed by atoms with Crippen LogP contribution in [0.5, 0.6) is 0 Å². The molecule has 1 heterocycles. The Morgan fingerprint density at radius 2 is 2.19 bits per heavy atom. The minimum atomic E-state index is 0.269. The molecule has 0 saturated heterocycles. The molecule has 2 aromatic rings.